The van der Waals surface area contributed by atoms with Gasteiger partial charge in [-0.15, -0.1) is 0 Å². The quantitative estimate of drug-likeness (QED) is 0.912. The van der Waals surface area contributed by atoms with Crippen molar-refractivity contribution >= 4 is 5.95 Å². The minimum absolute atomic E-state index is 0.0200. The molecule has 0 amide bonds. The van der Waals surface area contributed by atoms with Gasteiger partial charge in [0.15, 0.2) is 0 Å². The molecule has 1 N–H and O–H groups in total. The van der Waals surface area contributed by atoms with Crippen LogP contribution in [0.25, 0.3) is 0 Å². The van der Waals surface area contributed by atoms with E-state index in [1.54, 1.807) is 6.20 Å². The van der Waals surface area contributed by atoms with Gasteiger partial charge in [0.25, 0.3) is 0 Å². The van der Waals surface area contributed by atoms with Crippen LogP contribution in [0.2, 0.25) is 0 Å². The minimum Gasteiger partial charge on any atom is -0.392 e. The molecule has 2 aromatic rings. The highest BCUT2D eigenvalue weighted by molar-refractivity contribution is 5.34. The van der Waals surface area contributed by atoms with Crippen molar-refractivity contribution < 1.29 is 5.11 Å². The van der Waals surface area contributed by atoms with Crippen molar-refractivity contribution in [2.75, 3.05) is 11.9 Å². The van der Waals surface area contributed by atoms with Crippen LogP contribution >= 0.6 is 0 Å². The smallest absolute Gasteiger partial charge is 0.225 e. The Balaban J connectivity index is 2.13. The Bertz CT molecular complexity index is 552. The molecule has 0 aliphatic heterocycles. The van der Waals surface area contributed by atoms with E-state index in [4.69, 9.17) is 5.11 Å². The van der Waals surface area contributed by atoms with Gasteiger partial charge in [-0.1, -0.05) is 29.8 Å². The summed E-state index contributed by atoms with van der Waals surface area (Å²) in [5.74, 6) is 0.676. The van der Waals surface area contributed by atoms with E-state index in [0.717, 1.165) is 17.8 Å². The lowest BCUT2D eigenvalue weighted by molar-refractivity contribution is 0.280. The first kappa shape index (κ1) is 13.5. The maximum absolute atomic E-state index is 9.12. The molecule has 1 aromatic carbocycles. The Morgan fingerprint density at radius 2 is 1.84 bits per heavy atom. The third kappa shape index (κ3) is 3.29. The van der Waals surface area contributed by atoms with Gasteiger partial charge >= 0.3 is 0 Å². The summed E-state index contributed by atoms with van der Waals surface area (Å²) in [6, 6.07) is 8.43. The molecule has 0 fully saturated rings. The van der Waals surface area contributed by atoms with Crippen molar-refractivity contribution in [2.45, 2.75) is 27.0 Å². The monoisotopic (exact) mass is 257 g/mol. The normalized spacial score (nSPS) is 10.5. The third-order valence-corrected chi connectivity index (χ3v) is 3.12. The fourth-order valence-corrected chi connectivity index (χ4v) is 1.86. The maximum Gasteiger partial charge on any atom is 0.225 e. The van der Waals surface area contributed by atoms with Crippen molar-refractivity contribution in [1.82, 2.24) is 9.97 Å². The molecule has 0 radical (unpaired) electrons. The lowest BCUT2D eigenvalue weighted by atomic mass is 10.1. The van der Waals surface area contributed by atoms with E-state index in [9.17, 15) is 0 Å². The summed E-state index contributed by atoms with van der Waals surface area (Å²) in [7, 11) is 1.97. The van der Waals surface area contributed by atoms with Crippen LogP contribution in [0.3, 0.4) is 0 Å². The summed E-state index contributed by atoms with van der Waals surface area (Å²) in [5.41, 5.74) is 4.07. The number of hydrogen-bond acceptors (Lipinski definition) is 4. The first-order valence-electron chi connectivity index (χ1n) is 6.30. The van der Waals surface area contributed by atoms with E-state index < -0.39 is 0 Å². The second kappa shape index (κ2) is 5.80. The van der Waals surface area contributed by atoms with Gasteiger partial charge in [0.1, 0.15) is 0 Å². The number of anilines is 1. The molecule has 0 saturated heterocycles. The number of hydrogen-bond donors (Lipinski definition) is 1. The van der Waals surface area contributed by atoms with E-state index in [0.29, 0.717) is 5.95 Å². The molecule has 0 atom stereocenters. The van der Waals surface area contributed by atoms with Gasteiger partial charge in [-0.3, -0.25) is 0 Å². The van der Waals surface area contributed by atoms with Crippen LogP contribution in [0.15, 0.2) is 30.5 Å². The molecule has 0 unspecified atom stereocenters. The van der Waals surface area contributed by atoms with Crippen LogP contribution in [0.4, 0.5) is 5.95 Å². The zero-order valence-corrected chi connectivity index (χ0v) is 11.6. The fraction of sp³-hybridized carbons (Fsp3) is 0.333. The number of aromatic nitrogens is 2. The lowest BCUT2D eigenvalue weighted by Crippen LogP contribution is -2.19. The molecule has 19 heavy (non-hydrogen) atoms. The molecule has 4 heteroatoms. The highest BCUT2D eigenvalue weighted by Crippen LogP contribution is 2.13. The summed E-state index contributed by atoms with van der Waals surface area (Å²) in [4.78, 5) is 10.7. The molecular weight excluding hydrogens is 238 g/mol. The molecule has 0 aliphatic carbocycles. The predicted octanol–water partition coefficient (Wildman–Crippen LogP) is 2.22. The molecule has 1 aromatic heterocycles. The summed E-state index contributed by atoms with van der Waals surface area (Å²) < 4.78 is 0. The summed E-state index contributed by atoms with van der Waals surface area (Å²) in [6.45, 7) is 4.70. The van der Waals surface area contributed by atoms with Gasteiger partial charge in [-0.05, 0) is 19.4 Å². The molecule has 4 nitrogen and oxygen atoms in total. The van der Waals surface area contributed by atoms with Crippen molar-refractivity contribution in [2.24, 2.45) is 0 Å². The summed E-state index contributed by atoms with van der Waals surface area (Å²) >= 11 is 0. The van der Waals surface area contributed by atoms with Crippen LogP contribution in [-0.4, -0.2) is 22.1 Å². The SMILES string of the molecule is Cc1ccc(CN(C)c2ncc(CO)c(C)n2)cc1. The first-order valence-corrected chi connectivity index (χ1v) is 6.30. The van der Waals surface area contributed by atoms with E-state index in [1.807, 2.05) is 18.9 Å². The Kier molecular flexibility index (Phi) is 4.12. The number of rotatable bonds is 4. The van der Waals surface area contributed by atoms with Crippen LogP contribution in [0.5, 0.6) is 0 Å². The highest BCUT2D eigenvalue weighted by atomic mass is 16.3. The Hall–Kier alpha value is -1.94. The maximum atomic E-state index is 9.12. The van der Waals surface area contributed by atoms with Crippen LogP contribution in [-0.2, 0) is 13.2 Å². The van der Waals surface area contributed by atoms with Crippen molar-refractivity contribution in [3.05, 3.63) is 52.8 Å². The zero-order valence-electron chi connectivity index (χ0n) is 11.6. The molecule has 0 bridgehead atoms. The van der Waals surface area contributed by atoms with E-state index in [-0.39, 0.29) is 6.61 Å². The minimum atomic E-state index is -0.0200. The summed E-state index contributed by atoms with van der Waals surface area (Å²) in [5, 5.41) is 9.12. The van der Waals surface area contributed by atoms with Gasteiger partial charge in [0.2, 0.25) is 5.95 Å². The van der Waals surface area contributed by atoms with Crippen molar-refractivity contribution in [3.63, 3.8) is 0 Å². The number of aliphatic hydroxyl groups excluding tert-OH is 1. The summed E-state index contributed by atoms with van der Waals surface area (Å²) in [6.07, 6.45) is 1.68. The second-order valence-corrected chi connectivity index (χ2v) is 4.78. The number of nitrogens with zero attached hydrogens (tertiary/aromatic N) is 3. The van der Waals surface area contributed by atoms with E-state index >= 15 is 0 Å². The van der Waals surface area contributed by atoms with Gasteiger partial charge < -0.3 is 10.0 Å². The first-order chi connectivity index (χ1) is 9.10. The average Bonchev–Trinajstić information content (AvgIpc) is 2.41. The predicted molar refractivity (Wildman–Crippen MR) is 76.0 cm³/mol. The number of aryl methyl sites for hydroxylation is 2. The van der Waals surface area contributed by atoms with E-state index in [2.05, 4.69) is 41.2 Å². The molecule has 100 valence electrons. The molecule has 0 aliphatic rings. The molecule has 0 saturated carbocycles. The fourth-order valence-electron chi connectivity index (χ4n) is 1.86. The van der Waals surface area contributed by atoms with Gasteiger partial charge in [0, 0.05) is 31.0 Å². The number of benzene rings is 1. The van der Waals surface area contributed by atoms with Gasteiger partial charge in [-0.25, -0.2) is 9.97 Å². The van der Waals surface area contributed by atoms with Crippen molar-refractivity contribution in [3.8, 4) is 0 Å². The highest BCUT2D eigenvalue weighted by Gasteiger charge is 2.07. The van der Waals surface area contributed by atoms with Gasteiger partial charge in [0.05, 0.1) is 6.61 Å². The topological polar surface area (TPSA) is 49.2 Å². The lowest BCUT2D eigenvalue weighted by Gasteiger charge is -2.18. The number of aliphatic hydroxyl groups is 1. The molecular formula is C15H19N3O. The van der Waals surface area contributed by atoms with Crippen LogP contribution in [0, 0.1) is 13.8 Å². The average molecular weight is 257 g/mol. The van der Waals surface area contributed by atoms with Gasteiger partial charge in [-0.2, -0.15) is 0 Å². The molecule has 0 spiro atoms. The third-order valence-electron chi connectivity index (χ3n) is 3.12. The Morgan fingerprint density at radius 1 is 1.16 bits per heavy atom. The molecule has 2 rings (SSSR count). The zero-order chi connectivity index (χ0) is 13.8. The van der Waals surface area contributed by atoms with E-state index in [1.165, 1.54) is 11.1 Å². The Morgan fingerprint density at radius 3 is 2.42 bits per heavy atom. The molecule has 1 heterocycles. The van der Waals surface area contributed by atoms with Crippen molar-refractivity contribution in [1.29, 1.82) is 0 Å². The van der Waals surface area contributed by atoms with Crippen LogP contribution in [0.1, 0.15) is 22.4 Å². The Labute approximate surface area is 113 Å². The van der Waals surface area contributed by atoms with Crippen LogP contribution < -0.4 is 4.90 Å². The standard InChI is InChI=1S/C15H19N3O/c1-11-4-6-13(7-5-11)9-18(3)15-16-8-14(10-19)12(2)17-15/h4-8,19H,9-10H2,1-3H3. The largest absolute Gasteiger partial charge is 0.392 e. The second-order valence-electron chi connectivity index (χ2n) is 4.78.